The first kappa shape index (κ1) is 13.4. The van der Waals surface area contributed by atoms with Gasteiger partial charge in [0.15, 0.2) is 0 Å². The van der Waals surface area contributed by atoms with Gasteiger partial charge in [0.2, 0.25) is 0 Å². The van der Waals surface area contributed by atoms with E-state index in [-0.39, 0.29) is 11.7 Å². The van der Waals surface area contributed by atoms with Crippen LogP contribution in [0, 0.1) is 10.1 Å². The fraction of sp³-hybridized carbons (Fsp3) is 0.385. The van der Waals surface area contributed by atoms with Gasteiger partial charge >= 0.3 is 0 Å². The van der Waals surface area contributed by atoms with Gasteiger partial charge in [-0.3, -0.25) is 20.0 Å². The van der Waals surface area contributed by atoms with Gasteiger partial charge in [-0.05, 0) is 19.5 Å². The van der Waals surface area contributed by atoms with E-state index < -0.39 is 10.5 Å². The van der Waals surface area contributed by atoms with Gasteiger partial charge in [0.1, 0.15) is 11.8 Å². The summed E-state index contributed by atoms with van der Waals surface area (Å²) >= 11 is 0. The van der Waals surface area contributed by atoms with Crippen LogP contribution < -0.4 is 0 Å². The highest BCUT2D eigenvalue weighted by Crippen LogP contribution is 2.27. The average molecular weight is 261 g/mol. The monoisotopic (exact) mass is 261 g/mol. The fourth-order valence-electron chi connectivity index (χ4n) is 2.00. The van der Waals surface area contributed by atoms with Gasteiger partial charge in [0, 0.05) is 24.9 Å². The predicted molar refractivity (Wildman–Crippen MR) is 71.4 cm³/mol. The summed E-state index contributed by atoms with van der Waals surface area (Å²) in [5, 5.41) is 10.8. The number of hydrogen-bond acceptors (Lipinski definition) is 5. The molecule has 0 saturated heterocycles. The quantitative estimate of drug-likeness (QED) is 0.470. The number of carbonyl (C=O) groups excluding carboxylic acids is 1. The number of nitro groups is 1. The van der Waals surface area contributed by atoms with Crippen molar-refractivity contribution in [1.29, 1.82) is 0 Å². The lowest BCUT2D eigenvalue weighted by molar-refractivity contribution is -0.384. The molecule has 0 saturated carbocycles. The molecule has 2 atom stereocenters. The predicted octanol–water partition coefficient (Wildman–Crippen LogP) is 1.61. The first-order valence-corrected chi connectivity index (χ1v) is 5.92. The molecule has 0 spiro atoms. The van der Waals surface area contributed by atoms with Crippen LogP contribution in [0.3, 0.4) is 0 Å². The Hall–Kier alpha value is -2.08. The van der Waals surface area contributed by atoms with Gasteiger partial charge in [-0.1, -0.05) is 12.1 Å². The Bertz CT molecular complexity index is 544. The van der Waals surface area contributed by atoms with Gasteiger partial charge < -0.3 is 4.79 Å². The van der Waals surface area contributed by atoms with Crippen LogP contribution in [0.1, 0.15) is 18.5 Å². The normalized spacial score (nSPS) is 27.2. The molecule has 6 nitrogen and oxygen atoms in total. The SMILES string of the molecule is CN1CC(c2cccc([N+](=O)[O-])c2)N=CC1(C)C=O. The fourth-order valence-corrected chi connectivity index (χ4v) is 2.00. The molecule has 1 heterocycles. The van der Waals surface area contributed by atoms with E-state index in [0.717, 1.165) is 11.8 Å². The van der Waals surface area contributed by atoms with E-state index in [4.69, 9.17) is 0 Å². The first-order chi connectivity index (χ1) is 8.96. The average Bonchev–Trinajstić information content (AvgIpc) is 2.42. The third kappa shape index (κ3) is 2.53. The number of likely N-dealkylation sites (N-methyl/N-ethyl adjacent to an activating group) is 1. The van der Waals surface area contributed by atoms with Gasteiger partial charge in [-0.15, -0.1) is 0 Å². The van der Waals surface area contributed by atoms with Crippen LogP contribution in [-0.4, -0.2) is 41.5 Å². The third-order valence-corrected chi connectivity index (χ3v) is 3.49. The van der Waals surface area contributed by atoms with Crippen LogP contribution in [0.2, 0.25) is 0 Å². The molecule has 0 aromatic heterocycles. The van der Waals surface area contributed by atoms with E-state index in [1.54, 1.807) is 19.2 Å². The minimum atomic E-state index is -0.697. The molecule has 1 aliphatic rings. The summed E-state index contributed by atoms with van der Waals surface area (Å²) in [5.74, 6) is 0. The smallest absolute Gasteiger partial charge is 0.269 e. The summed E-state index contributed by atoms with van der Waals surface area (Å²) in [5.41, 5.74) is 0.140. The van der Waals surface area contributed by atoms with E-state index in [0.29, 0.717) is 6.54 Å². The first-order valence-electron chi connectivity index (χ1n) is 5.92. The number of rotatable bonds is 3. The van der Waals surface area contributed by atoms with Crippen molar-refractivity contribution in [2.75, 3.05) is 13.6 Å². The second kappa shape index (κ2) is 4.89. The van der Waals surface area contributed by atoms with Crippen molar-refractivity contribution < 1.29 is 9.72 Å². The second-order valence-corrected chi connectivity index (χ2v) is 4.87. The van der Waals surface area contributed by atoms with Crippen molar-refractivity contribution in [2.24, 2.45) is 4.99 Å². The Kier molecular flexibility index (Phi) is 3.44. The number of aldehydes is 1. The van der Waals surface area contributed by atoms with Gasteiger partial charge in [0.25, 0.3) is 5.69 Å². The highest BCUT2D eigenvalue weighted by molar-refractivity contribution is 5.91. The summed E-state index contributed by atoms with van der Waals surface area (Å²) in [6.07, 6.45) is 2.45. The van der Waals surface area contributed by atoms with Gasteiger partial charge in [-0.2, -0.15) is 0 Å². The maximum absolute atomic E-state index is 11.1. The third-order valence-electron chi connectivity index (χ3n) is 3.49. The van der Waals surface area contributed by atoms with E-state index in [9.17, 15) is 14.9 Å². The molecular formula is C13H15N3O3. The number of non-ortho nitro benzene ring substituents is 1. The Labute approximate surface area is 110 Å². The minimum Gasteiger partial charge on any atom is -0.301 e. The zero-order valence-electron chi connectivity index (χ0n) is 10.8. The summed E-state index contributed by atoms with van der Waals surface area (Å²) in [7, 11) is 1.84. The molecular weight excluding hydrogens is 246 g/mol. The van der Waals surface area contributed by atoms with Crippen LogP contribution >= 0.6 is 0 Å². The molecule has 1 aliphatic heterocycles. The lowest BCUT2D eigenvalue weighted by atomic mass is 9.97. The summed E-state index contributed by atoms with van der Waals surface area (Å²) in [6.45, 7) is 2.33. The molecule has 1 aromatic carbocycles. The van der Waals surface area contributed by atoms with Crippen molar-refractivity contribution >= 4 is 18.2 Å². The topological polar surface area (TPSA) is 75.8 Å². The zero-order valence-corrected chi connectivity index (χ0v) is 10.8. The number of nitro benzene ring substituents is 1. The van der Waals surface area contributed by atoms with Crippen molar-refractivity contribution in [3.8, 4) is 0 Å². The molecule has 19 heavy (non-hydrogen) atoms. The van der Waals surface area contributed by atoms with Gasteiger partial charge in [-0.25, -0.2) is 0 Å². The number of carbonyl (C=O) groups is 1. The van der Waals surface area contributed by atoms with Crippen LogP contribution in [0.4, 0.5) is 5.69 Å². The molecule has 0 bridgehead atoms. The summed E-state index contributed by atoms with van der Waals surface area (Å²) in [6, 6.07) is 6.26. The van der Waals surface area contributed by atoms with Gasteiger partial charge in [0.05, 0.1) is 11.0 Å². The maximum atomic E-state index is 11.1. The number of aliphatic imine (C=N–C) groups is 1. The van der Waals surface area contributed by atoms with E-state index in [1.165, 1.54) is 12.1 Å². The molecule has 0 radical (unpaired) electrons. The standard InChI is InChI=1S/C13H15N3O3/c1-13(9-17)8-14-12(7-15(13)2)10-4-3-5-11(6-10)16(18)19/h3-6,8-9,12H,7H2,1-2H3. The van der Waals surface area contributed by atoms with E-state index in [2.05, 4.69) is 4.99 Å². The molecule has 0 amide bonds. The number of benzene rings is 1. The van der Waals surface area contributed by atoms with Crippen LogP contribution in [-0.2, 0) is 4.79 Å². The van der Waals surface area contributed by atoms with Crippen LogP contribution in [0.5, 0.6) is 0 Å². The second-order valence-electron chi connectivity index (χ2n) is 4.87. The highest BCUT2D eigenvalue weighted by Gasteiger charge is 2.33. The Morgan fingerprint density at radius 3 is 2.89 bits per heavy atom. The zero-order chi connectivity index (χ0) is 14.0. The molecule has 0 aliphatic carbocycles. The van der Waals surface area contributed by atoms with E-state index >= 15 is 0 Å². The Morgan fingerprint density at radius 1 is 1.58 bits per heavy atom. The molecule has 1 aromatic rings. The molecule has 0 fully saturated rings. The van der Waals surface area contributed by atoms with Crippen LogP contribution in [0.15, 0.2) is 29.3 Å². The molecule has 6 heteroatoms. The lowest BCUT2D eigenvalue weighted by Crippen LogP contribution is -2.51. The maximum Gasteiger partial charge on any atom is 0.269 e. The minimum absolute atomic E-state index is 0.0547. The Balaban J connectivity index is 2.30. The summed E-state index contributed by atoms with van der Waals surface area (Å²) in [4.78, 5) is 27.6. The summed E-state index contributed by atoms with van der Waals surface area (Å²) < 4.78 is 0. The number of nitrogens with zero attached hydrogens (tertiary/aromatic N) is 3. The van der Waals surface area contributed by atoms with Crippen molar-refractivity contribution in [3.05, 3.63) is 39.9 Å². The van der Waals surface area contributed by atoms with Crippen molar-refractivity contribution in [1.82, 2.24) is 4.90 Å². The van der Waals surface area contributed by atoms with Crippen LogP contribution in [0.25, 0.3) is 0 Å². The largest absolute Gasteiger partial charge is 0.301 e. The molecule has 0 N–H and O–H groups in total. The lowest BCUT2D eigenvalue weighted by Gasteiger charge is -2.36. The van der Waals surface area contributed by atoms with E-state index in [1.807, 2.05) is 18.0 Å². The van der Waals surface area contributed by atoms with Crippen molar-refractivity contribution in [2.45, 2.75) is 18.5 Å². The molecule has 100 valence electrons. The van der Waals surface area contributed by atoms with Crippen molar-refractivity contribution in [3.63, 3.8) is 0 Å². The Morgan fingerprint density at radius 2 is 2.32 bits per heavy atom. The molecule has 2 unspecified atom stereocenters. The number of hydrogen-bond donors (Lipinski definition) is 0. The molecule has 2 rings (SSSR count). The highest BCUT2D eigenvalue weighted by atomic mass is 16.6.